The molecule has 20 heavy (non-hydrogen) atoms. The summed E-state index contributed by atoms with van der Waals surface area (Å²) in [6, 6.07) is 19.0. The first kappa shape index (κ1) is 13.2. The van der Waals surface area contributed by atoms with E-state index in [-0.39, 0.29) is 0 Å². The second-order valence-electron chi connectivity index (χ2n) is 5.64. The Bertz CT molecular complexity index is 543. The molecule has 1 N–H and O–H groups in total. The van der Waals surface area contributed by atoms with Crippen molar-refractivity contribution in [2.24, 2.45) is 0 Å². The minimum Gasteiger partial charge on any atom is -0.497 e. The molecule has 2 aromatic rings. The van der Waals surface area contributed by atoms with Crippen molar-refractivity contribution >= 4 is 0 Å². The standard InChI is InChI=1S/C18H21NO/c1-20-17-9-7-15(8-10-17)13-18(11-12-18)19-14-16-5-3-2-4-6-16/h2-10,19H,11-14H2,1H3. The van der Waals surface area contributed by atoms with Crippen LogP contribution in [0.4, 0.5) is 0 Å². The second kappa shape index (κ2) is 5.68. The van der Waals surface area contributed by atoms with Crippen molar-refractivity contribution < 1.29 is 4.74 Å². The highest BCUT2D eigenvalue weighted by atomic mass is 16.5. The SMILES string of the molecule is COc1ccc(CC2(NCc3ccccc3)CC2)cc1. The van der Waals surface area contributed by atoms with E-state index >= 15 is 0 Å². The molecular weight excluding hydrogens is 246 g/mol. The molecule has 2 nitrogen and oxygen atoms in total. The normalized spacial score (nSPS) is 15.8. The molecule has 0 aliphatic heterocycles. The van der Waals surface area contributed by atoms with Crippen LogP contribution in [-0.4, -0.2) is 12.6 Å². The molecular formula is C18H21NO. The van der Waals surface area contributed by atoms with Crippen LogP contribution < -0.4 is 10.1 Å². The highest BCUT2D eigenvalue weighted by Crippen LogP contribution is 2.39. The summed E-state index contributed by atoms with van der Waals surface area (Å²) >= 11 is 0. The van der Waals surface area contributed by atoms with Crippen LogP contribution in [0, 0.1) is 0 Å². The van der Waals surface area contributed by atoms with Gasteiger partial charge < -0.3 is 10.1 Å². The average Bonchev–Trinajstić information content (AvgIpc) is 3.27. The van der Waals surface area contributed by atoms with Gasteiger partial charge >= 0.3 is 0 Å². The zero-order valence-corrected chi connectivity index (χ0v) is 11.9. The number of rotatable bonds is 6. The molecule has 0 bridgehead atoms. The van der Waals surface area contributed by atoms with Crippen LogP contribution in [-0.2, 0) is 13.0 Å². The van der Waals surface area contributed by atoms with E-state index < -0.39 is 0 Å². The van der Waals surface area contributed by atoms with Crippen molar-refractivity contribution in [1.29, 1.82) is 0 Å². The van der Waals surface area contributed by atoms with E-state index in [1.165, 1.54) is 24.0 Å². The van der Waals surface area contributed by atoms with Gasteiger partial charge in [0.2, 0.25) is 0 Å². The first-order valence-corrected chi connectivity index (χ1v) is 7.22. The summed E-state index contributed by atoms with van der Waals surface area (Å²) in [4.78, 5) is 0. The van der Waals surface area contributed by atoms with Crippen molar-refractivity contribution in [3.8, 4) is 5.75 Å². The molecule has 0 saturated heterocycles. The molecule has 1 aliphatic rings. The molecule has 2 heteroatoms. The fourth-order valence-corrected chi connectivity index (χ4v) is 2.59. The third-order valence-corrected chi connectivity index (χ3v) is 4.07. The number of hydrogen-bond acceptors (Lipinski definition) is 2. The monoisotopic (exact) mass is 267 g/mol. The summed E-state index contributed by atoms with van der Waals surface area (Å²) in [5, 5.41) is 3.73. The van der Waals surface area contributed by atoms with Gasteiger partial charge in [-0.05, 0) is 42.5 Å². The summed E-state index contributed by atoms with van der Waals surface area (Å²) in [6.45, 7) is 0.955. The van der Waals surface area contributed by atoms with Crippen LogP contribution in [0.2, 0.25) is 0 Å². The molecule has 1 fully saturated rings. The molecule has 1 saturated carbocycles. The van der Waals surface area contributed by atoms with E-state index in [0.29, 0.717) is 5.54 Å². The Hall–Kier alpha value is -1.80. The largest absolute Gasteiger partial charge is 0.497 e. The van der Waals surface area contributed by atoms with Gasteiger partial charge in [-0.1, -0.05) is 42.5 Å². The Morgan fingerprint density at radius 3 is 2.25 bits per heavy atom. The average molecular weight is 267 g/mol. The van der Waals surface area contributed by atoms with E-state index in [1.54, 1.807) is 7.11 Å². The van der Waals surface area contributed by atoms with Crippen molar-refractivity contribution in [3.05, 3.63) is 65.7 Å². The number of hydrogen-bond donors (Lipinski definition) is 1. The molecule has 0 radical (unpaired) electrons. The topological polar surface area (TPSA) is 21.3 Å². The van der Waals surface area contributed by atoms with Crippen LogP contribution in [0.1, 0.15) is 24.0 Å². The highest BCUT2D eigenvalue weighted by molar-refractivity contribution is 5.29. The van der Waals surface area contributed by atoms with Crippen molar-refractivity contribution in [2.45, 2.75) is 31.3 Å². The van der Waals surface area contributed by atoms with Gasteiger partial charge in [0, 0.05) is 12.1 Å². The lowest BCUT2D eigenvalue weighted by Gasteiger charge is -2.18. The van der Waals surface area contributed by atoms with E-state index in [2.05, 4.69) is 47.8 Å². The molecule has 0 spiro atoms. The minimum atomic E-state index is 0.310. The number of nitrogens with one attached hydrogen (secondary N) is 1. The van der Waals surface area contributed by atoms with Crippen LogP contribution in [0.15, 0.2) is 54.6 Å². The first-order chi connectivity index (χ1) is 9.80. The van der Waals surface area contributed by atoms with Gasteiger partial charge in [0.15, 0.2) is 0 Å². The Morgan fingerprint density at radius 1 is 0.950 bits per heavy atom. The van der Waals surface area contributed by atoms with E-state index in [0.717, 1.165) is 18.7 Å². The van der Waals surface area contributed by atoms with Gasteiger partial charge in [-0.2, -0.15) is 0 Å². The van der Waals surface area contributed by atoms with Gasteiger partial charge in [-0.25, -0.2) is 0 Å². The maximum atomic E-state index is 5.20. The van der Waals surface area contributed by atoms with Crippen LogP contribution in [0.3, 0.4) is 0 Å². The van der Waals surface area contributed by atoms with Gasteiger partial charge in [0.25, 0.3) is 0 Å². The number of ether oxygens (including phenoxy) is 1. The summed E-state index contributed by atoms with van der Waals surface area (Å²) in [6.07, 6.45) is 3.64. The minimum absolute atomic E-state index is 0.310. The fourth-order valence-electron chi connectivity index (χ4n) is 2.59. The first-order valence-electron chi connectivity index (χ1n) is 7.22. The fraction of sp³-hybridized carbons (Fsp3) is 0.333. The van der Waals surface area contributed by atoms with Crippen molar-refractivity contribution in [1.82, 2.24) is 5.32 Å². The molecule has 0 amide bonds. The lowest BCUT2D eigenvalue weighted by molar-refractivity contribution is 0.414. The van der Waals surface area contributed by atoms with Gasteiger partial charge in [0.05, 0.1) is 7.11 Å². The van der Waals surface area contributed by atoms with Crippen LogP contribution >= 0.6 is 0 Å². The third kappa shape index (κ3) is 3.20. The number of methoxy groups -OCH3 is 1. The predicted molar refractivity (Wildman–Crippen MR) is 81.9 cm³/mol. The van der Waals surface area contributed by atoms with Gasteiger partial charge in [0.1, 0.15) is 5.75 Å². The molecule has 0 aromatic heterocycles. The molecule has 2 aromatic carbocycles. The molecule has 1 aliphatic carbocycles. The van der Waals surface area contributed by atoms with E-state index in [4.69, 9.17) is 4.74 Å². The molecule has 0 heterocycles. The molecule has 0 atom stereocenters. The maximum Gasteiger partial charge on any atom is 0.118 e. The Labute approximate surface area is 120 Å². The molecule has 0 unspecified atom stereocenters. The number of benzene rings is 2. The van der Waals surface area contributed by atoms with E-state index in [1.807, 2.05) is 12.1 Å². The summed E-state index contributed by atoms with van der Waals surface area (Å²) in [7, 11) is 1.71. The highest BCUT2D eigenvalue weighted by Gasteiger charge is 2.41. The lowest BCUT2D eigenvalue weighted by Crippen LogP contribution is -2.32. The zero-order valence-electron chi connectivity index (χ0n) is 11.9. The lowest BCUT2D eigenvalue weighted by atomic mass is 10.0. The molecule has 3 rings (SSSR count). The Kier molecular flexibility index (Phi) is 3.75. The summed E-state index contributed by atoms with van der Waals surface area (Å²) in [5.41, 5.74) is 3.04. The second-order valence-corrected chi connectivity index (χ2v) is 5.64. The zero-order chi connectivity index (χ0) is 13.8. The smallest absolute Gasteiger partial charge is 0.118 e. The van der Waals surface area contributed by atoms with Crippen LogP contribution in [0.25, 0.3) is 0 Å². The maximum absolute atomic E-state index is 5.20. The van der Waals surface area contributed by atoms with Crippen LogP contribution in [0.5, 0.6) is 5.75 Å². The Balaban J connectivity index is 1.58. The van der Waals surface area contributed by atoms with E-state index in [9.17, 15) is 0 Å². The molecule has 104 valence electrons. The van der Waals surface area contributed by atoms with Crippen molar-refractivity contribution in [3.63, 3.8) is 0 Å². The van der Waals surface area contributed by atoms with Gasteiger partial charge in [-0.15, -0.1) is 0 Å². The Morgan fingerprint density at radius 2 is 1.65 bits per heavy atom. The van der Waals surface area contributed by atoms with Crippen molar-refractivity contribution in [2.75, 3.05) is 7.11 Å². The third-order valence-electron chi connectivity index (χ3n) is 4.07. The summed E-state index contributed by atoms with van der Waals surface area (Å²) in [5.74, 6) is 0.927. The quantitative estimate of drug-likeness (QED) is 0.864. The van der Waals surface area contributed by atoms with Gasteiger partial charge in [-0.3, -0.25) is 0 Å². The summed E-state index contributed by atoms with van der Waals surface area (Å²) < 4.78 is 5.20. The predicted octanol–water partition coefficient (Wildman–Crippen LogP) is 3.56.